The molecule has 0 aliphatic rings. The predicted molar refractivity (Wildman–Crippen MR) is 66.0 cm³/mol. The molecule has 0 aliphatic heterocycles. The summed E-state index contributed by atoms with van der Waals surface area (Å²) >= 11 is 0. The van der Waals surface area contributed by atoms with Crippen LogP contribution in [-0.4, -0.2) is 19.8 Å². The van der Waals surface area contributed by atoms with E-state index in [2.05, 4.69) is 11.2 Å². The normalized spacial score (nSPS) is 9.18. The van der Waals surface area contributed by atoms with Gasteiger partial charge in [-0.15, -0.1) is 12.3 Å². The number of amides is 1. The van der Waals surface area contributed by atoms with Crippen molar-refractivity contribution in [3.8, 4) is 18.1 Å². The van der Waals surface area contributed by atoms with Crippen LogP contribution < -0.4 is 10.1 Å². The molecule has 0 radical (unpaired) electrons. The van der Waals surface area contributed by atoms with Crippen molar-refractivity contribution in [2.45, 2.75) is 12.8 Å². The van der Waals surface area contributed by atoms with Crippen molar-refractivity contribution in [1.82, 2.24) is 0 Å². The van der Waals surface area contributed by atoms with Crippen LogP contribution in [0.5, 0.6) is 5.75 Å². The Hall–Kier alpha value is -2.15. The molecule has 4 nitrogen and oxygen atoms in total. The summed E-state index contributed by atoms with van der Waals surface area (Å²) < 4.78 is 9.93. The molecule has 0 bridgehead atoms. The number of rotatable bonds is 5. The van der Waals surface area contributed by atoms with E-state index in [1.165, 1.54) is 0 Å². The van der Waals surface area contributed by atoms with Crippen LogP contribution >= 0.6 is 0 Å². The van der Waals surface area contributed by atoms with Gasteiger partial charge in [-0.1, -0.05) is 0 Å². The largest absolute Gasteiger partial charge is 0.497 e. The Bertz CT molecular complexity index is 392. The van der Waals surface area contributed by atoms with Crippen molar-refractivity contribution in [3.63, 3.8) is 0 Å². The van der Waals surface area contributed by atoms with Gasteiger partial charge in [0.25, 0.3) is 0 Å². The highest BCUT2D eigenvalue weighted by molar-refractivity contribution is 5.84. The maximum atomic E-state index is 11.3. The molecule has 0 aromatic heterocycles. The molecule has 0 aliphatic carbocycles. The number of benzene rings is 1. The lowest BCUT2D eigenvalue weighted by Crippen LogP contribution is -2.14. The molecule has 0 atom stereocenters. The van der Waals surface area contributed by atoms with Gasteiger partial charge in [-0.3, -0.25) is 5.32 Å². The SMILES string of the molecule is C#CCCCOC(=O)Nc1ccc(OC)cc1. The quantitative estimate of drug-likeness (QED) is 0.628. The number of hydrogen-bond donors (Lipinski definition) is 1. The number of carbonyl (C=O) groups is 1. The topological polar surface area (TPSA) is 47.6 Å². The molecule has 0 unspecified atom stereocenters. The fourth-order valence-corrected chi connectivity index (χ4v) is 1.17. The van der Waals surface area contributed by atoms with Gasteiger partial charge in [0.1, 0.15) is 5.75 Å². The highest BCUT2D eigenvalue weighted by Crippen LogP contribution is 2.14. The van der Waals surface area contributed by atoms with Crippen LogP contribution in [0.25, 0.3) is 0 Å². The van der Waals surface area contributed by atoms with Crippen molar-refractivity contribution in [2.75, 3.05) is 19.0 Å². The van der Waals surface area contributed by atoms with Gasteiger partial charge in [0.2, 0.25) is 0 Å². The Morgan fingerprint density at radius 3 is 2.71 bits per heavy atom. The number of methoxy groups -OCH3 is 1. The van der Waals surface area contributed by atoms with Crippen LogP contribution in [0.2, 0.25) is 0 Å². The standard InChI is InChI=1S/C13H15NO3/c1-3-4-5-10-17-13(15)14-11-6-8-12(16-2)9-7-11/h1,6-9H,4-5,10H2,2H3,(H,14,15). The smallest absolute Gasteiger partial charge is 0.411 e. The van der Waals surface area contributed by atoms with E-state index in [9.17, 15) is 4.79 Å². The average molecular weight is 233 g/mol. The number of anilines is 1. The van der Waals surface area contributed by atoms with E-state index in [1.54, 1.807) is 31.4 Å². The first-order chi connectivity index (χ1) is 8.26. The maximum absolute atomic E-state index is 11.3. The maximum Gasteiger partial charge on any atom is 0.411 e. The van der Waals surface area contributed by atoms with Crippen molar-refractivity contribution < 1.29 is 14.3 Å². The molecular weight excluding hydrogens is 218 g/mol. The van der Waals surface area contributed by atoms with Gasteiger partial charge in [-0.25, -0.2) is 4.79 Å². The zero-order chi connectivity index (χ0) is 12.5. The highest BCUT2D eigenvalue weighted by atomic mass is 16.5. The molecule has 0 saturated heterocycles. The van der Waals surface area contributed by atoms with E-state index in [0.29, 0.717) is 25.1 Å². The summed E-state index contributed by atoms with van der Waals surface area (Å²) in [5, 5.41) is 2.60. The Morgan fingerprint density at radius 1 is 1.41 bits per heavy atom. The van der Waals surface area contributed by atoms with Crippen LogP contribution in [0.1, 0.15) is 12.8 Å². The van der Waals surface area contributed by atoms with Crippen LogP contribution in [-0.2, 0) is 4.74 Å². The molecule has 4 heteroatoms. The van der Waals surface area contributed by atoms with E-state index < -0.39 is 6.09 Å². The van der Waals surface area contributed by atoms with Gasteiger partial charge in [0.05, 0.1) is 13.7 Å². The summed E-state index contributed by atoms with van der Waals surface area (Å²) in [4.78, 5) is 11.3. The summed E-state index contributed by atoms with van der Waals surface area (Å²) in [6.45, 7) is 0.326. The third-order valence-electron chi connectivity index (χ3n) is 2.04. The van der Waals surface area contributed by atoms with Gasteiger partial charge >= 0.3 is 6.09 Å². The Labute approximate surface area is 101 Å². The summed E-state index contributed by atoms with van der Waals surface area (Å²) in [5.74, 6) is 3.21. The van der Waals surface area contributed by atoms with Crippen molar-refractivity contribution in [1.29, 1.82) is 0 Å². The van der Waals surface area contributed by atoms with Crippen molar-refractivity contribution >= 4 is 11.8 Å². The van der Waals surface area contributed by atoms with Crippen LogP contribution in [0, 0.1) is 12.3 Å². The van der Waals surface area contributed by atoms with E-state index in [1.807, 2.05) is 0 Å². The second-order valence-electron chi connectivity index (χ2n) is 3.30. The van der Waals surface area contributed by atoms with Gasteiger partial charge in [0, 0.05) is 12.1 Å². The molecule has 1 N–H and O–H groups in total. The number of terminal acetylenes is 1. The first kappa shape index (κ1) is 12.9. The molecule has 0 heterocycles. The van der Waals surface area contributed by atoms with Gasteiger partial charge in [-0.05, 0) is 30.7 Å². The minimum absolute atomic E-state index is 0.326. The first-order valence-electron chi connectivity index (χ1n) is 5.27. The van der Waals surface area contributed by atoms with E-state index >= 15 is 0 Å². The fourth-order valence-electron chi connectivity index (χ4n) is 1.17. The molecule has 0 saturated carbocycles. The summed E-state index contributed by atoms with van der Waals surface area (Å²) in [5.41, 5.74) is 0.660. The predicted octanol–water partition coefficient (Wildman–Crippen LogP) is 2.66. The minimum Gasteiger partial charge on any atom is -0.497 e. The molecular formula is C13H15NO3. The number of ether oxygens (including phenoxy) is 2. The molecule has 1 aromatic carbocycles. The molecule has 1 amide bonds. The van der Waals surface area contributed by atoms with Gasteiger partial charge in [0.15, 0.2) is 0 Å². The minimum atomic E-state index is -0.479. The number of nitrogens with one attached hydrogen (secondary N) is 1. The van der Waals surface area contributed by atoms with E-state index in [-0.39, 0.29) is 0 Å². The molecule has 17 heavy (non-hydrogen) atoms. The average Bonchev–Trinajstić information content (AvgIpc) is 2.36. The van der Waals surface area contributed by atoms with Crippen molar-refractivity contribution in [2.24, 2.45) is 0 Å². The third kappa shape index (κ3) is 4.94. The van der Waals surface area contributed by atoms with E-state index in [0.717, 1.165) is 5.75 Å². The Balaban J connectivity index is 2.32. The molecule has 1 rings (SSSR count). The van der Waals surface area contributed by atoms with E-state index in [4.69, 9.17) is 15.9 Å². The monoisotopic (exact) mass is 233 g/mol. The lowest BCUT2D eigenvalue weighted by Gasteiger charge is -2.06. The van der Waals surface area contributed by atoms with Crippen LogP contribution in [0.15, 0.2) is 24.3 Å². The second-order valence-corrected chi connectivity index (χ2v) is 3.30. The molecule has 1 aromatic rings. The fraction of sp³-hybridized carbons (Fsp3) is 0.308. The second kappa shape index (κ2) is 7.18. The van der Waals surface area contributed by atoms with Crippen LogP contribution in [0.4, 0.5) is 10.5 Å². The van der Waals surface area contributed by atoms with Crippen molar-refractivity contribution in [3.05, 3.63) is 24.3 Å². The summed E-state index contributed by atoms with van der Waals surface area (Å²) in [6, 6.07) is 6.99. The Morgan fingerprint density at radius 2 is 2.12 bits per heavy atom. The summed E-state index contributed by atoms with van der Waals surface area (Å²) in [6.07, 6.45) is 5.88. The number of carbonyl (C=O) groups excluding carboxylic acids is 1. The molecule has 90 valence electrons. The lowest BCUT2D eigenvalue weighted by molar-refractivity contribution is 0.160. The molecule has 0 fully saturated rings. The van der Waals surface area contributed by atoms with Gasteiger partial charge < -0.3 is 9.47 Å². The zero-order valence-corrected chi connectivity index (χ0v) is 9.73. The summed E-state index contributed by atoms with van der Waals surface area (Å²) in [7, 11) is 1.59. The van der Waals surface area contributed by atoms with Crippen LogP contribution in [0.3, 0.4) is 0 Å². The number of unbranched alkanes of at least 4 members (excludes halogenated alkanes) is 1. The lowest BCUT2D eigenvalue weighted by atomic mass is 10.3. The molecule has 0 spiro atoms. The zero-order valence-electron chi connectivity index (χ0n) is 9.73. The highest BCUT2D eigenvalue weighted by Gasteiger charge is 2.02. The first-order valence-corrected chi connectivity index (χ1v) is 5.27. The van der Waals surface area contributed by atoms with Gasteiger partial charge in [-0.2, -0.15) is 0 Å². The number of hydrogen-bond acceptors (Lipinski definition) is 3. The third-order valence-corrected chi connectivity index (χ3v) is 2.04. The Kier molecular flexibility index (Phi) is 5.45.